The molecule has 2 rings (SSSR count). The van der Waals surface area contributed by atoms with Crippen molar-refractivity contribution < 1.29 is 13.2 Å². The number of hydrogen-bond acceptors (Lipinski definition) is 4. The molecule has 2 aromatic rings. The van der Waals surface area contributed by atoms with Gasteiger partial charge in [0.1, 0.15) is 5.75 Å². The van der Waals surface area contributed by atoms with Crippen LogP contribution in [0.1, 0.15) is 23.7 Å². The number of ether oxygens (including phenoxy) is 1. The molecule has 0 aliphatic rings. The Morgan fingerprint density at radius 2 is 1.85 bits per heavy atom. The fourth-order valence-electron chi connectivity index (χ4n) is 1.99. The molecular weight excluding hydrogens is 276 g/mol. The standard InChI is InChI=1S/C14H18N2O3S/c1-5-19-13-6-7-14(12(4)11(13)3)20(17,18)16-9-8-10(2)15-16/h6-9H,5H2,1-4H3. The lowest BCUT2D eigenvalue weighted by molar-refractivity contribution is 0.337. The van der Waals surface area contributed by atoms with Crippen molar-refractivity contribution in [2.75, 3.05) is 6.61 Å². The predicted molar refractivity (Wildman–Crippen MR) is 76.6 cm³/mol. The summed E-state index contributed by atoms with van der Waals surface area (Å²) in [7, 11) is -3.65. The molecule has 1 aromatic heterocycles. The third-order valence-corrected chi connectivity index (χ3v) is 4.91. The van der Waals surface area contributed by atoms with E-state index in [0.29, 0.717) is 23.6 Å². The van der Waals surface area contributed by atoms with Crippen molar-refractivity contribution in [1.29, 1.82) is 0 Å². The summed E-state index contributed by atoms with van der Waals surface area (Å²) in [6.07, 6.45) is 1.45. The first-order valence-corrected chi connectivity index (χ1v) is 7.82. The average molecular weight is 294 g/mol. The van der Waals surface area contributed by atoms with E-state index in [9.17, 15) is 8.42 Å². The van der Waals surface area contributed by atoms with E-state index in [0.717, 1.165) is 9.65 Å². The highest BCUT2D eigenvalue weighted by Crippen LogP contribution is 2.28. The van der Waals surface area contributed by atoms with E-state index in [2.05, 4.69) is 5.10 Å². The second-order valence-electron chi connectivity index (χ2n) is 4.58. The molecule has 0 bridgehead atoms. The maximum Gasteiger partial charge on any atom is 0.283 e. The average Bonchev–Trinajstić information content (AvgIpc) is 2.82. The van der Waals surface area contributed by atoms with E-state index in [1.807, 2.05) is 13.8 Å². The molecule has 0 atom stereocenters. The maximum absolute atomic E-state index is 12.5. The monoisotopic (exact) mass is 294 g/mol. The Morgan fingerprint density at radius 1 is 1.15 bits per heavy atom. The van der Waals surface area contributed by atoms with Crippen molar-refractivity contribution >= 4 is 10.0 Å². The number of hydrogen-bond donors (Lipinski definition) is 0. The van der Waals surface area contributed by atoms with Crippen molar-refractivity contribution in [3.05, 3.63) is 41.2 Å². The number of aryl methyl sites for hydroxylation is 1. The Balaban J connectivity index is 2.56. The van der Waals surface area contributed by atoms with E-state index >= 15 is 0 Å². The smallest absolute Gasteiger partial charge is 0.283 e. The minimum atomic E-state index is -3.65. The molecule has 6 heteroatoms. The number of aromatic nitrogens is 2. The lowest BCUT2D eigenvalue weighted by atomic mass is 10.1. The lowest BCUT2D eigenvalue weighted by Gasteiger charge is -2.13. The molecule has 0 N–H and O–H groups in total. The summed E-state index contributed by atoms with van der Waals surface area (Å²) in [5.41, 5.74) is 2.18. The summed E-state index contributed by atoms with van der Waals surface area (Å²) in [5.74, 6) is 0.709. The van der Waals surface area contributed by atoms with Gasteiger partial charge in [-0.3, -0.25) is 0 Å². The van der Waals surface area contributed by atoms with Crippen LogP contribution in [0.5, 0.6) is 5.75 Å². The van der Waals surface area contributed by atoms with Crippen molar-refractivity contribution in [2.45, 2.75) is 32.6 Å². The van der Waals surface area contributed by atoms with E-state index in [1.165, 1.54) is 6.20 Å². The molecule has 108 valence electrons. The van der Waals surface area contributed by atoms with E-state index in [-0.39, 0.29) is 4.90 Å². The predicted octanol–water partition coefficient (Wildman–Crippen LogP) is 2.44. The Morgan fingerprint density at radius 3 is 2.40 bits per heavy atom. The molecule has 0 radical (unpaired) electrons. The van der Waals surface area contributed by atoms with Crippen molar-refractivity contribution in [3.63, 3.8) is 0 Å². The Kier molecular flexibility index (Phi) is 3.85. The van der Waals surface area contributed by atoms with Crippen LogP contribution in [0.3, 0.4) is 0 Å². The minimum absolute atomic E-state index is 0.251. The second kappa shape index (κ2) is 5.28. The van der Waals surface area contributed by atoms with Gasteiger partial charge in [0.25, 0.3) is 10.0 Å². The molecule has 0 saturated carbocycles. The van der Waals surface area contributed by atoms with E-state index in [1.54, 1.807) is 32.0 Å². The van der Waals surface area contributed by atoms with E-state index in [4.69, 9.17) is 4.74 Å². The van der Waals surface area contributed by atoms with Crippen molar-refractivity contribution in [1.82, 2.24) is 9.19 Å². The molecule has 0 spiro atoms. The highest BCUT2D eigenvalue weighted by Gasteiger charge is 2.22. The van der Waals surface area contributed by atoms with E-state index < -0.39 is 10.0 Å². The van der Waals surface area contributed by atoms with Crippen LogP contribution in [0, 0.1) is 20.8 Å². The van der Waals surface area contributed by atoms with Crippen LogP contribution in [0.2, 0.25) is 0 Å². The number of nitrogens with zero attached hydrogens (tertiary/aromatic N) is 2. The van der Waals surface area contributed by atoms with Crippen LogP contribution < -0.4 is 4.74 Å². The first-order valence-electron chi connectivity index (χ1n) is 6.38. The van der Waals surface area contributed by atoms with Gasteiger partial charge in [-0.05, 0) is 57.0 Å². The van der Waals surface area contributed by atoms with Crippen LogP contribution in [-0.4, -0.2) is 24.2 Å². The van der Waals surface area contributed by atoms with Gasteiger partial charge in [-0.15, -0.1) is 0 Å². The Bertz CT molecular complexity index is 733. The van der Waals surface area contributed by atoms with Gasteiger partial charge in [-0.1, -0.05) is 0 Å². The molecule has 0 aliphatic heterocycles. The SMILES string of the molecule is CCOc1ccc(S(=O)(=O)n2ccc(C)n2)c(C)c1C. The molecular formula is C14H18N2O3S. The van der Waals surface area contributed by atoms with Gasteiger partial charge in [-0.2, -0.15) is 17.6 Å². The molecule has 0 aliphatic carbocycles. The summed E-state index contributed by atoms with van der Waals surface area (Å²) in [4.78, 5) is 0.251. The highest BCUT2D eigenvalue weighted by molar-refractivity contribution is 7.89. The quantitative estimate of drug-likeness (QED) is 0.869. The normalized spacial score (nSPS) is 11.6. The lowest BCUT2D eigenvalue weighted by Crippen LogP contribution is -2.15. The van der Waals surface area contributed by atoms with Crippen molar-refractivity contribution in [3.8, 4) is 5.75 Å². The maximum atomic E-state index is 12.5. The number of benzene rings is 1. The minimum Gasteiger partial charge on any atom is -0.494 e. The molecule has 5 nitrogen and oxygen atoms in total. The first-order chi connectivity index (χ1) is 9.37. The topological polar surface area (TPSA) is 61.2 Å². The van der Waals surface area contributed by atoms with Gasteiger partial charge in [0.15, 0.2) is 0 Å². The zero-order chi connectivity index (χ0) is 14.9. The third kappa shape index (κ3) is 2.43. The summed E-state index contributed by atoms with van der Waals surface area (Å²) in [5, 5.41) is 3.99. The van der Waals surface area contributed by atoms with Gasteiger partial charge in [0.05, 0.1) is 17.2 Å². The zero-order valence-electron chi connectivity index (χ0n) is 12.0. The molecule has 0 amide bonds. The molecule has 1 heterocycles. The second-order valence-corrected chi connectivity index (χ2v) is 6.34. The molecule has 0 saturated heterocycles. The first kappa shape index (κ1) is 14.6. The van der Waals surface area contributed by atoms with Crippen molar-refractivity contribution in [2.24, 2.45) is 0 Å². The third-order valence-electron chi connectivity index (χ3n) is 3.21. The fraction of sp³-hybridized carbons (Fsp3) is 0.357. The van der Waals surface area contributed by atoms with Gasteiger partial charge in [-0.25, -0.2) is 0 Å². The zero-order valence-corrected chi connectivity index (χ0v) is 12.9. The van der Waals surface area contributed by atoms with Gasteiger partial charge < -0.3 is 4.74 Å². The summed E-state index contributed by atoms with van der Waals surface area (Å²) in [6.45, 7) is 7.83. The highest BCUT2D eigenvalue weighted by atomic mass is 32.2. The molecule has 1 aromatic carbocycles. The summed E-state index contributed by atoms with van der Waals surface area (Å²) in [6, 6.07) is 4.92. The van der Waals surface area contributed by atoms with Gasteiger partial charge in [0, 0.05) is 6.20 Å². The van der Waals surface area contributed by atoms with Crippen LogP contribution in [0.15, 0.2) is 29.3 Å². The number of rotatable bonds is 4. The van der Waals surface area contributed by atoms with Crippen LogP contribution >= 0.6 is 0 Å². The van der Waals surface area contributed by atoms with Crippen LogP contribution in [0.4, 0.5) is 0 Å². The molecule has 0 unspecified atom stereocenters. The largest absolute Gasteiger partial charge is 0.494 e. The fourth-order valence-corrected chi connectivity index (χ4v) is 3.43. The van der Waals surface area contributed by atoms with Gasteiger partial charge >= 0.3 is 0 Å². The molecule has 0 fully saturated rings. The van der Waals surface area contributed by atoms with Gasteiger partial charge in [0.2, 0.25) is 0 Å². The summed E-state index contributed by atoms with van der Waals surface area (Å²) < 4.78 is 31.6. The van der Waals surface area contributed by atoms with Crippen LogP contribution in [0.25, 0.3) is 0 Å². The Hall–Kier alpha value is -1.82. The summed E-state index contributed by atoms with van der Waals surface area (Å²) >= 11 is 0. The Labute approximate surface area is 119 Å². The molecule has 20 heavy (non-hydrogen) atoms. The van der Waals surface area contributed by atoms with Crippen LogP contribution in [-0.2, 0) is 10.0 Å².